The molecule has 0 aromatic carbocycles. The number of rotatable bonds is 15. The van der Waals surface area contributed by atoms with Crippen LogP contribution in [0.3, 0.4) is 0 Å². The second-order valence-electron chi connectivity index (χ2n) is 6.42. The molecular formula is C18H36NNaO2. The Bertz CT molecular complexity index is 249. The van der Waals surface area contributed by atoms with Gasteiger partial charge in [0.2, 0.25) is 0 Å². The molecular weight excluding hydrogens is 285 g/mol. The molecule has 1 unspecified atom stereocenters. The molecule has 126 valence electrons. The van der Waals surface area contributed by atoms with E-state index in [4.69, 9.17) is 0 Å². The maximum absolute atomic E-state index is 10.4. The molecule has 0 amide bonds. The molecule has 0 aromatic rings. The molecule has 0 saturated carbocycles. The van der Waals surface area contributed by atoms with Gasteiger partial charge in [-0.2, -0.15) is 0 Å². The smallest absolute Gasteiger partial charge is 0.550 e. The third-order valence-electron chi connectivity index (χ3n) is 4.40. The predicted molar refractivity (Wildman–Crippen MR) is 88.2 cm³/mol. The van der Waals surface area contributed by atoms with Crippen molar-refractivity contribution in [2.45, 2.75) is 96.9 Å². The first-order chi connectivity index (χ1) is 10.1. The summed E-state index contributed by atoms with van der Waals surface area (Å²) in [5, 5.41) is 10.4. The number of aliphatic carboxylic acids is 1. The molecule has 4 heteroatoms. The molecule has 0 spiro atoms. The van der Waals surface area contributed by atoms with E-state index < -0.39 is 5.97 Å². The van der Waals surface area contributed by atoms with Gasteiger partial charge in [-0.25, -0.2) is 0 Å². The van der Waals surface area contributed by atoms with Crippen LogP contribution in [0.1, 0.15) is 90.9 Å². The maximum atomic E-state index is 10.4. The minimum atomic E-state index is -0.951. The number of carbonyl (C=O) groups is 1. The van der Waals surface area contributed by atoms with E-state index in [1.54, 1.807) is 0 Å². The number of hydrogen-bond donors (Lipinski definition) is 0. The van der Waals surface area contributed by atoms with Crippen LogP contribution in [0, 0.1) is 0 Å². The molecule has 0 fully saturated rings. The summed E-state index contributed by atoms with van der Waals surface area (Å²) in [4.78, 5) is 12.6. The summed E-state index contributed by atoms with van der Waals surface area (Å²) >= 11 is 0. The van der Waals surface area contributed by atoms with Crippen molar-refractivity contribution in [2.75, 3.05) is 13.6 Å². The third-order valence-corrected chi connectivity index (χ3v) is 4.40. The van der Waals surface area contributed by atoms with Crippen LogP contribution in [-0.2, 0) is 4.79 Å². The van der Waals surface area contributed by atoms with Gasteiger partial charge in [0.1, 0.15) is 0 Å². The Hall–Kier alpha value is 0.430. The van der Waals surface area contributed by atoms with Crippen LogP contribution >= 0.6 is 0 Å². The molecule has 0 bridgehead atoms. The summed E-state index contributed by atoms with van der Waals surface area (Å²) < 4.78 is 0. The van der Waals surface area contributed by atoms with Crippen molar-refractivity contribution in [3.63, 3.8) is 0 Å². The Morgan fingerprint density at radius 3 is 1.86 bits per heavy atom. The van der Waals surface area contributed by atoms with Gasteiger partial charge in [-0.15, -0.1) is 0 Å². The van der Waals surface area contributed by atoms with Crippen molar-refractivity contribution >= 4 is 5.97 Å². The molecule has 0 aliphatic carbocycles. The number of hydrogen-bond acceptors (Lipinski definition) is 3. The van der Waals surface area contributed by atoms with Gasteiger partial charge in [0.15, 0.2) is 0 Å². The second kappa shape index (κ2) is 17.8. The standard InChI is InChI=1S/C18H37NO2.Na/c1-4-5-6-7-8-9-10-11-12-13-14-17(2)19(3)16-15-18(20)21;/h17H,4-16H2,1-3H3,(H,20,21);/q;+1/p-1. The fourth-order valence-electron chi connectivity index (χ4n) is 2.64. The van der Waals surface area contributed by atoms with Gasteiger partial charge in [0.05, 0.1) is 0 Å². The van der Waals surface area contributed by atoms with E-state index in [1.807, 2.05) is 7.05 Å². The normalized spacial score (nSPS) is 12.2. The van der Waals surface area contributed by atoms with Gasteiger partial charge in [-0.3, -0.25) is 0 Å². The van der Waals surface area contributed by atoms with Gasteiger partial charge in [0.25, 0.3) is 0 Å². The van der Waals surface area contributed by atoms with Crippen LogP contribution in [0.15, 0.2) is 0 Å². The summed E-state index contributed by atoms with van der Waals surface area (Å²) in [6.07, 6.45) is 14.9. The Balaban J connectivity index is 0. The molecule has 0 rings (SSSR count). The van der Waals surface area contributed by atoms with Gasteiger partial charge in [0, 0.05) is 18.6 Å². The van der Waals surface area contributed by atoms with Crippen molar-refractivity contribution in [3.05, 3.63) is 0 Å². The molecule has 0 aromatic heterocycles. The van der Waals surface area contributed by atoms with Crippen LogP contribution in [0.25, 0.3) is 0 Å². The minimum Gasteiger partial charge on any atom is -0.550 e. The number of carboxylic acids is 1. The summed E-state index contributed by atoms with van der Waals surface area (Å²) in [7, 11) is 2.00. The van der Waals surface area contributed by atoms with Gasteiger partial charge >= 0.3 is 29.6 Å². The summed E-state index contributed by atoms with van der Waals surface area (Å²) in [5.41, 5.74) is 0. The summed E-state index contributed by atoms with van der Waals surface area (Å²) in [5.74, 6) is -0.951. The number of nitrogens with zero attached hydrogens (tertiary/aromatic N) is 1. The SMILES string of the molecule is CCCCCCCCCCCCC(C)N(C)CCC(=O)[O-].[Na+]. The average molecular weight is 321 g/mol. The largest absolute Gasteiger partial charge is 1.00 e. The van der Waals surface area contributed by atoms with E-state index in [2.05, 4.69) is 18.7 Å². The first kappa shape index (κ1) is 24.7. The zero-order valence-corrected chi connectivity index (χ0v) is 17.5. The predicted octanol–water partition coefficient (Wildman–Crippen LogP) is 0.762. The van der Waals surface area contributed by atoms with E-state index in [-0.39, 0.29) is 36.0 Å². The second-order valence-corrected chi connectivity index (χ2v) is 6.42. The zero-order chi connectivity index (χ0) is 15.9. The number of unbranched alkanes of at least 4 members (excludes halogenated alkanes) is 9. The summed E-state index contributed by atoms with van der Waals surface area (Å²) in [6, 6.07) is 0.471. The maximum Gasteiger partial charge on any atom is 1.00 e. The van der Waals surface area contributed by atoms with Crippen molar-refractivity contribution in [3.8, 4) is 0 Å². The topological polar surface area (TPSA) is 43.4 Å². The summed E-state index contributed by atoms with van der Waals surface area (Å²) in [6.45, 7) is 5.04. The van der Waals surface area contributed by atoms with E-state index in [0.717, 1.165) is 0 Å². The molecule has 22 heavy (non-hydrogen) atoms. The van der Waals surface area contributed by atoms with E-state index >= 15 is 0 Å². The average Bonchev–Trinajstić information content (AvgIpc) is 2.46. The van der Waals surface area contributed by atoms with Crippen molar-refractivity contribution in [1.82, 2.24) is 4.90 Å². The first-order valence-electron chi connectivity index (χ1n) is 8.98. The van der Waals surface area contributed by atoms with Crippen LogP contribution in [0.2, 0.25) is 0 Å². The van der Waals surface area contributed by atoms with Crippen molar-refractivity contribution < 1.29 is 39.5 Å². The Morgan fingerprint density at radius 2 is 1.41 bits per heavy atom. The quantitative estimate of drug-likeness (QED) is 0.330. The third kappa shape index (κ3) is 16.8. The van der Waals surface area contributed by atoms with Gasteiger partial charge in [-0.05, 0) is 26.8 Å². The van der Waals surface area contributed by atoms with Crippen LogP contribution in [-0.4, -0.2) is 30.5 Å². The fourth-order valence-corrected chi connectivity index (χ4v) is 2.64. The fraction of sp³-hybridized carbons (Fsp3) is 0.944. The molecule has 0 aliphatic heterocycles. The first-order valence-corrected chi connectivity index (χ1v) is 8.98. The molecule has 1 atom stereocenters. The Morgan fingerprint density at radius 1 is 0.955 bits per heavy atom. The number of carboxylic acid groups (broad SMARTS) is 1. The number of carbonyl (C=O) groups excluding carboxylic acids is 1. The molecule has 0 aliphatic rings. The van der Waals surface area contributed by atoms with Gasteiger partial charge < -0.3 is 14.8 Å². The Kier molecular flexibility index (Phi) is 19.9. The van der Waals surface area contributed by atoms with Crippen molar-refractivity contribution in [2.24, 2.45) is 0 Å². The van der Waals surface area contributed by atoms with E-state index in [0.29, 0.717) is 12.6 Å². The Labute approximate surface area is 160 Å². The molecule has 3 nitrogen and oxygen atoms in total. The van der Waals surface area contributed by atoms with Crippen LogP contribution in [0.5, 0.6) is 0 Å². The molecule has 0 heterocycles. The zero-order valence-electron chi connectivity index (χ0n) is 15.5. The minimum absolute atomic E-state index is 0. The monoisotopic (exact) mass is 321 g/mol. The van der Waals surface area contributed by atoms with Crippen molar-refractivity contribution in [1.29, 1.82) is 0 Å². The van der Waals surface area contributed by atoms with E-state index in [9.17, 15) is 9.90 Å². The molecule has 0 N–H and O–H groups in total. The van der Waals surface area contributed by atoms with Crippen LogP contribution in [0.4, 0.5) is 0 Å². The molecule has 0 saturated heterocycles. The van der Waals surface area contributed by atoms with Gasteiger partial charge in [-0.1, -0.05) is 71.1 Å². The molecule has 0 radical (unpaired) electrons. The van der Waals surface area contributed by atoms with Crippen LogP contribution < -0.4 is 34.7 Å². The van der Waals surface area contributed by atoms with E-state index in [1.165, 1.54) is 70.6 Å².